The van der Waals surface area contributed by atoms with Crippen LogP contribution in [0, 0.1) is 13.8 Å². The number of carbonyl (C=O) groups is 3. The maximum atomic E-state index is 14.1. The van der Waals surface area contributed by atoms with Gasteiger partial charge in [-0.3, -0.25) is 9.69 Å². The second kappa shape index (κ2) is 14.9. The zero-order valence-electron chi connectivity index (χ0n) is 27.8. The molecule has 6 rings (SSSR count). The predicted octanol–water partition coefficient (Wildman–Crippen LogP) is 4.32. The average molecular weight is 648 g/mol. The highest BCUT2D eigenvalue weighted by atomic mass is 16.6. The van der Waals surface area contributed by atoms with Crippen molar-refractivity contribution in [1.82, 2.24) is 19.6 Å². The number of likely N-dealkylation sites (tertiary alicyclic amines) is 1. The second-order valence-electron chi connectivity index (χ2n) is 13.5. The molecule has 0 saturated carbocycles. The molecule has 4 amide bonds. The van der Waals surface area contributed by atoms with Crippen molar-refractivity contribution in [3.05, 3.63) is 58.7 Å². The Bertz CT molecular complexity index is 1410. The highest BCUT2D eigenvalue weighted by molar-refractivity contribution is 5.91. The Morgan fingerprint density at radius 1 is 0.915 bits per heavy atom. The summed E-state index contributed by atoms with van der Waals surface area (Å²) in [6, 6.07) is 12.0. The molecule has 0 aliphatic carbocycles. The highest BCUT2D eigenvalue weighted by Gasteiger charge is 2.35. The normalized spacial score (nSPS) is 21.0. The summed E-state index contributed by atoms with van der Waals surface area (Å²) < 4.78 is 11.6. The van der Waals surface area contributed by atoms with Crippen LogP contribution in [0.2, 0.25) is 0 Å². The molecular formula is C36H49N5O6. The number of carbonyl (C=O) groups excluding carboxylic acids is 3. The van der Waals surface area contributed by atoms with Crippen molar-refractivity contribution in [3.63, 3.8) is 0 Å². The van der Waals surface area contributed by atoms with Crippen LogP contribution >= 0.6 is 0 Å². The van der Waals surface area contributed by atoms with Crippen molar-refractivity contribution in [1.29, 1.82) is 0 Å². The fourth-order valence-electron chi connectivity index (χ4n) is 7.63. The van der Waals surface area contributed by atoms with Crippen LogP contribution in [0.15, 0.2) is 36.4 Å². The molecule has 0 bridgehead atoms. The summed E-state index contributed by atoms with van der Waals surface area (Å²) in [5, 5.41) is 13.4. The topological polar surface area (TPSA) is 115 Å². The van der Waals surface area contributed by atoms with E-state index in [-0.39, 0.29) is 30.2 Å². The summed E-state index contributed by atoms with van der Waals surface area (Å²) in [4.78, 5) is 48.7. The van der Waals surface area contributed by atoms with E-state index in [0.717, 1.165) is 79.9 Å². The van der Waals surface area contributed by atoms with E-state index in [1.807, 2.05) is 60.0 Å². The number of nitrogens with one attached hydrogen (secondary N) is 1. The fraction of sp³-hybridized carbons (Fsp3) is 0.583. The maximum Gasteiger partial charge on any atom is 0.410 e. The fourth-order valence-corrected chi connectivity index (χ4v) is 7.63. The van der Waals surface area contributed by atoms with Crippen LogP contribution in [0.5, 0.6) is 5.75 Å². The zero-order valence-corrected chi connectivity index (χ0v) is 27.8. The minimum Gasteiger partial charge on any atom is -0.507 e. The van der Waals surface area contributed by atoms with Crippen molar-refractivity contribution >= 4 is 23.7 Å². The first kappa shape index (κ1) is 33.1. The van der Waals surface area contributed by atoms with Gasteiger partial charge in [0.25, 0.3) is 5.91 Å². The average Bonchev–Trinajstić information content (AvgIpc) is 3.43. The summed E-state index contributed by atoms with van der Waals surface area (Å²) in [6.07, 6.45) is 3.71. The molecule has 47 heavy (non-hydrogen) atoms. The van der Waals surface area contributed by atoms with Gasteiger partial charge in [-0.25, -0.2) is 9.59 Å². The molecule has 0 radical (unpaired) electrons. The molecule has 254 valence electrons. The molecule has 0 aromatic heterocycles. The molecule has 0 unspecified atom stereocenters. The number of nitrogens with zero attached hydrogens (tertiary/aromatic N) is 4. The Morgan fingerprint density at radius 2 is 1.64 bits per heavy atom. The molecule has 4 heterocycles. The van der Waals surface area contributed by atoms with Gasteiger partial charge in [0.1, 0.15) is 5.75 Å². The van der Waals surface area contributed by atoms with Crippen molar-refractivity contribution in [2.75, 3.05) is 64.3 Å². The minimum atomic E-state index is -0.979. The number of ether oxygens (including phenoxy) is 2. The number of urea groups is 1. The zero-order chi connectivity index (χ0) is 32.9. The van der Waals surface area contributed by atoms with Crippen LogP contribution in [0.4, 0.5) is 15.3 Å². The summed E-state index contributed by atoms with van der Waals surface area (Å²) >= 11 is 0. The molecular weight excluding hydrogens is 598 g/mol. The summed E-state index contributed by atoms with van der Waals surface area (Å²) in [6.45, 7) is 9.69. The van der Waals surface area contributed by atoms with E-state index in [0.29, 0.717) is 51.6 Å². The summed E-state index contributed by atoms with van der Waals surface area (Å²) in [5.74, 6) is 0.0606. The third-order valence-corrected chi connectivity index (χ3v) is 10.3. The quantitative estimate of drug-likeness (QED) is 0.480. The van der Waals surface area contributed by atoms with Crippen LogP contribution in [0.25, 0.3) is 0 Å². The van der Waals surface area contributed by atoms with Crippen LogP contribution in [-0.4, -0.2) is 120 Å². The van der Waals surface area contributed by atoms with Crippen molar-refractivity contribution in [2.24, 2.45) is 0 Å². The number of rotatable bonds is 6. The van der Waals surface area contributed by atoms with Crippen molar-refractivity contribution < 1.29 is 29.0 Å². The Hall–Kier alpha value is -3.83. The maximum absolute atomic E-state index is 14.1. The van der Waals surface area contributed by atoms with Gasteiger partial charge in [0.15, 0.2) is 6.10 Å². The number of aryl methyl sites for hydroxylation is 2. The molecule has 0 spiro atoms. The second-order valence-corrected chi connectivity index (χ2v) is 13.5. The number of fused-ring (bicyclic) bond motifs is 1. The van der Waals surface area contributed by atoms with E-state index in [1.54, 1.807) is 4.90 Å². The minimum absolute atomic E-state index is 0.0181. The molecule has 4 aliphatic rings. The molecule has 2 N–H and O–H groups in total. The number of para-hydroxylation sites is 1. The molecule has 1 atom stereocenters. The number of anilines is 1. The lowest BCUT2D eigenvalue weighted by atomic mass is 10.0. The van der Waals surface area contributed by atoms with E-state index in [1.165, 1.54) is 0 Å². The van der Waals surface area contributed by atoms with Gasteiger partial charge >= 0.3 is 12.1 Å². The molecule has 2 aromatic carbocycles. The SMILES string of the molecule is Cc1cc(C[C@@H](OC(=O)N2CCC(N3CCc4ccccc4NC3=O)CC2)C(=O)N2CCCN(C3CCOCC3)CC2)cc(C)c1O. The van der Waals surface area contributed by atoms with Crippen molar-refractivity contribution in [2.45, 2.75) is 77.0 Å². The number of amides is 4. The largest absolute Gasteiger partial charge is 0.507 e. The van der Waals surface area contributed by atoms with Gasteiger partial charge in [-0.05, 0) is 80.7 Å². The molecule has 4 aliphatic heterocycles. The van der Waals surface area contributed by atoms with Gasteiger partial charge in [-0.15, -0.1) is 0 Å². The third-order valence-electron chi connectivity index (χ3n) is 10.3. The lowest BCUT2D eigenvalue weighted by Crippen LogP contribution is -2.51. The predicted molar refractivity (Wildman–Crippen MR) is 179 cm³/mol. The number of hydrogen-bond acceptors (Lipinski definition) is 7. The van der Waals surface area contributed by atoms with E-state index < -0.39 is 12.2 Å². The molecule has 3 saturated heterocycles. The van der Waals surface area contributed by atoms with E-state index >= 15 is 0 Å². The van der Waals surface area contributed by atoms with E-state index in [4.69, 9.17) is 9.47 Å². The number of benzene rings is 2. The molecule has 3 fully saturated rings. The number of aromatic hydroxyl groups is 1. The lowest BCUT2D eigenvalue weighted by Gasteiger charge is -2.38. The Balaban J connectivity index is 1.10. The van der Waals surface area contributed by atoms with Gasteiger partial charge in [-0.1, -0.05) is 30.3 Å². The van der Waals surface area contributed by atoms with Gasteiger partial charge in [-0.2, -0.15) is 0 Å². The molecule has 11 heteroatoms. The Labute approximate surface area is 277 Å². The van der Waals surface area contributed by atoms with Crippen LogP contribution in [0.3, 0.4) is 0 Å². The number of piperidine rings is 1. The van der Waals surface area contributed by atoms with Gasteiger partial charge in [0.05, 0.1) is 0 Å². The van der Waals surface area contributed by atoms with Gasteiger partial charge in [0.2, 0.25) is 0 Å². The molecule has 11 nitrogen and oxygen atoms in total. The van der Waals surface area contributed by atoms with E-state index in [9.17, 15) is 19.5 Å². The van der Waals surface area contributed by atoms with Crippen LogP contribution < -0.4 is 5.32 Å². The Kier molecular flexibility index (Phi) is 10.5. The number of hydrogen-bond donors (Lipinski definition) is 2. The first-order valence-electron chi connectivity index (χ1n) is 17.3. The van der Waals surface area contributed by atoms with Crippen LogP contribution in [0.1, 0.15) is 54.4 Å². The first-order valence-corrected chi connectivity index (χ1v) is 17.3. The van der Waals surface area contributed by atoms with Gasteiger partial charge < -0.3 is 34.6 Å². The highest BCUT2D eigenvalue weighted by Crippen LogP contribution is 2.27. The molecule has 2 aromatic rings. The summed E-state index contributed by atoms with van der Waals surface area (Å²) in [5.41, 5.74) is 4.27. The van der Waals surface area contributed by atoms with E-state index in [2.05, 4.69) is 10.2 Å². The monoisotopic (exact) mass is 647 g/mol. The van der Waals surface area contributed by atoms with Crippen LogP contribution in [-0.2, 0) is 27.1 Å². The first-order chi connectivity index (χ1) is 22.8. The smallest absolute Gasteiger partial charge is 0.410 e. The standard InChI is InChI=1S/C36H49N5O6/c1-25-22-27(23-26(2)33(25)42)24-32(34(43)39-14-5-13-38(18-19-39)29-11-20-46-21-12-29)47-36(45)40-15-9-30(10-16-40)41-17-8-28-6-3-4-7-31(28)37-35(41)44/h3-4,6-7,22-23,29-30,32,42H,5,8-21,24H2,1-2H3,(H,37,44)/t32-/m1/s1. The number of phenolic OH excluding ortho intramolecular Hbond substituents is 1. The lowest BCUT2D eigenvalue weighted by molar-refractivity contribution is -0.140. The van der Waals surface area contributed by atoms with Gasteiger partial charge in [0, 0.05) is 83.2 Å². The number of phenols is 1. The Morgan fingerprint density at radius 3 is 2.38 bits per heavy atom. The van der Waals surface area contributed by atoms with Crippen molar-refractivity contribution in [3.8, 4) is 5.75 Å². The third kappa shape index (κ3) is 7.84. The summed E-state index contributed by atoms with van der Waals surface area (Å²) in [7, 11) is 0.